The number of carbonyl (C=O) groups excluding carboxylic acids is 4. The molecule has 1 aromatic heterocycles. The molecule has 1 saturated carbocycles. The van der Waals surface area contributed by atoms with E-state index in [0.717, 1.165) is 24.0 Å². The summed E-state index contributed by atoms with van der Waals surface area (Å²) in [6.45, 7) is 5.20. The number of Topliss-reactive ketones (excluding diaryl/α,β-unsaturated/α-hetero) is 1. The summed E-state index contributed by atoms with van der Waals surface area (Å²) in [5, 5.41) is 9.33. The molecule has 3 N–H and O–H groups in total. The van der Waals surface area contributed by atoms with E-state index in [1.165, 1.54) is 14.0 Å². The van der Waals surface area contributed by atoms with Gasteiger partial charge in [-0.1, -0.05) is 0 Å². The number of hydrogen-bond acceptors (Lipinski definition) is 7. The van der Waals surface area contributed by atoms with Crippen molar-refractivity contribution in [3.05, 3.63) is 29.1 Å². The summed E-state index contributed by atoms with van der Waals surface area (Å²) in [4.78, 5) is 51.1. The number of aryl methyl sites for hydroxylation is 1. The molecule has 10 heteroatoms. The number of likely N-dealkylation sites (N-methyl/N-ethyl adjacent to an activating group) is 1. The van der Waals surface area contributed by atoms with Gasteiger partial charge in [-0.3, -0.25) is 19.4 Å². The van der Waals surface area contributed by atoms with Crippen molar-refractivity contribution < 1.29 is 23.9 Å². The Hall–Kier alpha value is -3.30. The normalized spacial score (nSPS) is 23.4. The Morgan fingerprint density at radius 1 is 1.28 bits per heavy atom. The van der Waals surface area contributed by atoms with Gasteiger partial charge in [0.25, 0.3) is 0 Å². The number of carbonyl (C=O) groups is 4. The second kappa shape index (κ2) is 9.46. The summed E-state index contributed by atoms with van der Waals surface area (Å²) in [6, 6.07) is 1.56. The van der Waals surface area contributed by atoms with Crippen LogP contribution >= 0.6 is 0 Å². The first kappa shape index (κ1) is 23.4. The van der Waals surface area contributed by atoms with Crippen molar-refractivity contribution in [2.75, 3.05) is 7.05 Å². The SMILES string of the molecule is CNC(=O)C(=O)N[C@@H](C)CC1CCC2(CC1)OC(=O)NN=C2c1cnc(C(C)=O)cc1C. The smallest absolute Gasteiger partial charge is 0.428 e. The molecule has 0 unspecified atom stereocenters. The number of rotatable bonds is 5. The quantitative estimate of drug-likeness (QED) is 0.467. The van der Waals surface area contributed by atoms with Crippen LogP contribution in [-0.2, 0) is 14.3 Å². The van der Waals surface area contributed by atoms with Crippen molar-refractivity contribution in [2.24, 2.45) is 11.0 Å². The third-order valence-corrected chi connectivity index (χ3v) is 6.12. The summed E-state index contributed by atoms with van der Waals surface area (Å²) in [5.41, 5.74) is 4.08. The number of ether oxygens (including phenoxy) is 1. The minimum atomic E-state index is -0.863. The first-order valence-electron chi connectivity index (χ1n) is 10.7. The van der Waals surface area contributed by atoms with Gasteiger partial charge in [0.15, 0.2) is 11.4 Å². The lowest BCUT2D eigenvalue weighted by molar-refractivity contribution is -0.139. The van der Waals surface area contributed by atoms with Gasteiger partial charge in [0.1, 0.15) is 11.4 Å². The molecule has 172 valence electrons. The molecular weight excluding hydrogens is 414 g/mol. The minimum Gasteiger partial charge on any atom is -0.435 e. The highest BCUT2D eigenvalue weighted by molar-refractivity contribution is 6.35. The predicted molar refractivity (Wildman–Crippen MR) is 116 cm³/mol. The minimum absolute atomic E-state index is 0.123. The first-order valence-corrected chi connectivity index (χ1v) is 10.7. The van der Waals surface area contributed by atoms with Crippen molar-refractivity contribution in [3.63, 3.8) is 0 Å². The molecular formula is C22H29N5O5. The topological polar surface area (TPSA) is 139 Å². The van der Waals surface area contributed by atoms with Crippen LogP contribution < -0.4 is 16.1 Å². The molecule has 1 aliphatic carbocycles. The third kappa shape index (κ3) is 4.95. The lowest BCUT2D eigenvalue weighted by Crippen LogP contribution is -2.53. The molecule has 1 aliphatic heterocycles. The van der Waals surface area contributed by atoms with E-state index in [1.54, 1.807) is 12.3 Å². The second-order valence-corrected chi connectivity index (χ2v) is 8.53. The molecule has 0 radical (unpaired) electrons. The number of hydrazone groups is 1. The van der Waals surface area contributed by atoms with Crippen molar-refractivity contribution in [1.82, 2.24) is 21.0 Å². The van der Waals surface area contributed by atoms with E-state index >= 15 is 0 Å². The maximum absolute atomic E-state index is 12.0. The number of aromatic nitrogens is 1. The molecule has 32 heavy (non-hydrogen) atoms. The van der Waals surface area contributed by atoms with Crippen LogP contribution in [0.2, 0.25) is 0 Å². The van der Waals surface area contributed by atoms with Gasteiger partial charge >= 0.3 is 17.9 Å². The molecule has 10 nitrogen and oxygen atoms in total. The fourth-order valence-corrected chi connectivity index (χ4v) is 4.43. The van der Waals surface area contributed by atoms with Crippen LogP contribution in [-0.4, -0.2) is 53.1 Å². The average Bonchev–Trinajstić information content (AvgIpc) is 2.75. The molecule has 2 aliphatic rings. The molecule has 1 aromatic rings. The Morgan fingerprint density at radius 2 is 1.97 bits per heavy atom. The lowest BCUT2D eigenvalue weighted by atomic mass is 9.72. The zero-order valence-corrected chi connectivity index (χ0v) is 18.8. The van der Waals surface area contributed by atoms with Crippen LogP contribution in [0.3, 0.4) is 0 Å². The summed E-state index contributed by atoms with van der Waals surface area (Å²) >= 11 is 0. The number of ketones is 1. The largest absolute Gasteiger partial charge is 0.435 e. The van der Waals surface area contributed by atoms with E-state index in [0.29, 0.717) is 36.6 Å². The summed E-state index contributed by atoms with van der Waals surface area (Å²) in [6.07, 6.45) is 4.42. The van der Waals surface area contributed by atoms with Gasteiger partial charge in [-0.2, -0.15) is 5.10 Å². The van der Waals surface area contributed by atoms with Crippen LogP contribution in [0.5, 0.6) is 0 Å². The molecule has 0 saturated heterocycles. The monoisotopic (exact) mass is 443 g/mol. The maximum atomic E-state index is 12.0. The standard InChI is InChI=1S/C22H29N5O5/c1-12-9-17(14(3)28)24-11-16(12)18-22(32-21(31)27-26-18)7-5-15(6-8-22)10-13(2)25-20(30)19(29)23-4/h9,11,13,15H,5-8,10H2,1-4H3,(H,23,29)(H,25,30)(H,27,31)/t13-,15?,22?/m0/s1. The van der Waals surface area contributed by atoms with E-state index in [9.17, 15) is 19.2 Å². The lowest BCUT2D eigenvalue weighted by Gasteiger charge is -2.42. The van der Waals surface area contributed by atoms with Crippen molar-refractivity contribution in [1.29, 1.82) is 0 Å². The molecule has 1 spiro atoms. The van der Waals surface area contributed by atoms with Gasteiger partial charge < -0.3 is 15.4 Å². The van der Waals surface area contributed by atoms with Gasteiger partial charge in [-0.15, -0.1) is 0 Å². The second-order valence-electron chi connectivity index (χ2n) is 8.53. The number of hydrogen-bond donors (Lipinski definition) is 3. The predicted octanol–water partition coefficient (Wildman–Crippen LogP) is 1.61. The maximum Gasteiger partial charge on any atom is 0.428 e. The molecule has 0 bridgehead atoms. The van der Waals surface area contributed by atoms with Gasteiger partial charge in [0.2, 0.25) is 0 Å². The fraction of sp³-hybridized carbons (Fsp3) is 0.545. The Labute approximate surface area is 186 Å². The number of pyridine rings is 1. The Balaban J connectivity index is 1.72. The molecule has 2 heterocycles. The van der Waals surface area contributed by atoms with Crippen LogP contribution in [0.25, 0.3) is 0 Å². The van der Waals surface area contributed by atoms with E-state index in [1.807, 2.05) is 13.8 Å². The summed E-state index contributed by atoms with van der Waals surface area (Å²) in [7, 11) is 1.41. The molecule has 3 rings (SSSR count). The Bertz CT molecular complexity index is 965. The van der Waals surface area contributed by atoms with Gasteiger partial charge in [0, 0.05) is 31.8 Å². The van der Waals surface area contributed by atoms with Gasteiger partial charge in [-0.25, -0.2) is 10.2 Å². The number of nitrogens with one attached hydrogen (secondary N) is 3. The van der Waals surface area contributed by atoms with Crippen LogP contribution in [0, 0.1) is 12.8 Å². The van der Waals surface area contributed by atoms with E-state index in [4.69, 9.17) is 4.74 Å². The van der Waals surface area contributed by atoms with E-state index in [2.05, 4.69) is 26.1 Å². The molecule has 0 aromatic carbocycles. The van der Waals surface area contributed by atoms with Crippen molar-refractivity contribution in [3.8, 4) is 0 Å². The highest BCUT2D eigenvalue weighted by Gasteiger charge is 2.46. The van der Waals surface area contributed by atoms with Crippen LogP contribution in [0.15, 0.2) is 17.4 Å². The van der Waals surface area contributed by atoms with Crippen molar-refractivity contribution in [2.45, 2.75) is 64.5 Å². The number of nitrogens with zero attached hydrogens (tertiary/aromatic N) is 2. The van der Waals surface area contributed by atoms with Crippen LogP contribution in [0.1, 0.15) is 67.6 Å². The molecule has 1 fully saturated rings. The fourth-order valence-electron chi connectivity index (χ4n) is 4.43. The highest BCUT2D eigenvalue weighted by atomic mass is 16.6. The van der Waals surface area contributed by atoms with Gasteiger partial charge in [0.05, 0.1) is 0 Å². The third-order valence-electron chi connectivity index (χ3n) is 6.12. The molecule has 1 atom stereocenters. The first-order chi connectivity index (χ1) is 15.1. The summed E-state index contributed by atoms with van der Waals surface area (Å²) in [5.74, 6) is -1.13. The Morgan fingerprint density at radius 3 is 2.56 bits per heavy atom. The van der Waals surface area contributed by atoms with E-state index < -0.39 is 23.5 Å². The average molecular weight is 444 g/mol. The number of amides is 3. The van der Waals surface area contributed by atoms with Gasteiger partial charge in [-0.05, 0) is 63.5 Å². The Kier molecular flexibility index (Phi) is 6.90. The molecule has 3 amide bonds. The van der Waals surface area contributed by atoms with Crippen molar-refractivity contribution >= 4 is 29.4 Å². The zero-order valence-electron chi connectivity index (χ0n) is 18.8. The van der Waals surface area contributed by atoms with Crippen LogP contribution in [0.4, 0.5) is 4.79 Å². The van der Waals surface area contributed by atoms with E-state index in [-0.39, 0.29) is 11.8 Å². The zero-order chi connectivity index (χ0) is 23.5. The summed E-state index contributed by atoms with van der Waals surface area (Å²) < 4.78 is 5.78. The highest BCUT2D eigenvalue weighted by Crippen LogP contribution is 2.41.